The first-order valence-corrected chi connectivity index (χ1v) is 6.54. The summed E-state index contributed by atoms with van der Waals surface area (Å²) < 4.78 is 10.7. The molecule has 0 aliphatic heterocycles. The summed E-state index contributed by atoms with van der Waals surface area (Å²) in [6, 6.07) is 7.66. The monoisotopic (exact) mass is 267 g/mol. The highest BCUT2D eigenvalue weighted by Crippen LogP contribution is 2.25. The number of benzene rings is 1. The predicted molar refractivity (Wildman–Crippen MR) is 71.5 cm³/mol. The summed E-state index contributed by atoms with van der Waals surface area (Å²) in [5.74, 6) is 1.29. The first-order chi connectivity index (χ1) is 9.19. The third kappa shape index (κ3) is 4.09. The molecule has 3 N–H and O–H groups in total. The molecule has 5 nitrogen and oxygen atoms in total. The van der Waals surface area contributed by atoms with Crippen LogP contribution in [0, 0.1) is 0 Å². The average Bonchev–Trinajstić information content (AvgIpc) is 2.40. The zero-order chi connectivity index (χ0) is 13.7. The molecule has 0 saturated heterocycles. The van der Waals surface area contributed by atoms with Crippen LogP contribution in [0.1, 0.15) is 12.8 Å². The van der Waals surface area contributed by atoms with E-state index in [2.05, 4.69) is 5.32 Å². The molecule has 19 heavy (non-hydrogen) atoms. The van der Waals surface area contributed by atoms with Crippen LogP contribution >= 0.6 is 0 Å². The SMILES string of the molecule is COc1ccccc1OCC(O)CNC1CC(O)C1. The largest absolute Gasteiger partial charge is 0.493 e. The van der Waals surface area contributed by atoms with Crippen LogP contribution in [-0.2, 0) is 0 Å². The van der Waals surface area contributed by atoms with Gasteiger partial charge in [-0.1, -0.05) is 12.1 Å². The normalized spacial score (nSPS) is 23.5. The number of nitrogens with one attached hydrogen (secondary N) is 1. The quantitative estimate of drug-likeness (QED) is 0.673. The van der Waals surface area contributed by atoms with Gasteiger partial charge in [0.2, 0.25) is 0 Å². The summed E-state index contributed by atoms with van der Waals surface area (Å²) in [5.41, 5.74) is 0. The molecule has 1 aliphatic carbocycles. The van der Waals surface area contributed by atoms with Crippen LogP contribution in [0.5, 0.6) is 11.5 Å². The molecule has 1 aliphatic rings. The van der Waals surface area contributed by atoms with E-state index in [9.17, 15) is 5.11 Å². The maximum absolute atomic E-state index is 9.82. The van der Waals surface area contributed by atoms with Gasteiger partial charge in [-0.25, -0.2) is 0 Å². The van der Waals surface area contributed by atoms with Gasteiger partial charge in [0.1, 0.15) is 12.7 Å². The lowest BCUT2D eigenvalue weighted by Gasteiger charge is -2.32. The highest BCUT2D eigenvalue weighted by Gasteiger charge is 2.26. The Morgan fingerprint density at radius 2 is 2.00 bits per heavy atom. The molecule has 1 unspecified atom stereocenters. The number of hydrogen-bond acceptors (Lipinski definition) is 5. The maximum atomic E-state index is 9.82. The number of ether oxygens (including phenoxy) is 2. The predicted octanol–water partition coefficient (Wildman–Crippen LogP) is 0.548. The van der Waals surface area contributed by atoms with E-state index in [0.717, 1.165) is 12.8 Å². The van der Waals surface area contributed by atoms with E-state index in [1.54, 1.807) is 13.2 Å². The van der Waals surface area contributed by atoms with Gasteiger partial charge in [-0.3, -0.25) is 0 Å². The van der Waals surface area contributed by atoms with Crippen molar-refractivity contribution in [3.8, 4) is 11.5 Å². The minimum Gasteiger partial charge on any atom is -0.493 e. The van der Waals surface area contributed by atoms with E-state index in [0.29, 0.717) is 24.1 Å². The van der Waals surface area contributed by atoms with Gasteiger partial charge < -0.3 is 25.0 Å². The van der Waals surface area contributed by atoms with E-state index in [-0.39, 0.29) is 12.7 Å². The van der Waals surface area contributed by atoms with Crippen molar-refractivity contribution in [1.82, 2.24) is 5.32 Å². The fourth-order valence-electron chi connectivity index (χ4n) is 2.04. The van der Waals surface area contributed by atoms with Crippen molar-refractivity contribution in [2.75, 3.05) is 20.3 Å². The van der Waals surface area contributed by atoms with Crippen LogP contribution in [0.3, 0.4) is 0 Å². The molecular formula is C14H21NO4. The molecule has 0 heterocycles. The summed E-state index contributed by atoms with van der Waals surface area (Å²) in [7, 11) is 1.59. The van der Waals surface area contributed by atoms with Gasteiger partial charge in [-0.15, -0.1) is 0 Å². The molecular weight excluding hydrogens is 246 g/mol. The van der Waals surface area contributed by atoms with Crippen LogP contribution in [-0.4, -0.2) is 48.7 Å². The number of para-hydroxylation sites is 2. The van der Waals surface area contributed by atoms with Crippen LogP contribution in [0.25, 0.3) is 0 Å². The lowest BCUT2D eigenvalue weighted by atomic mass is 9.89. The van der Waals surface area contributed by atoms with Crippen molar-refractivity contribution < 1.29 is 19.7 Å². The molecule has 0 radical (unpaired) electrons. The number of hydrogen-bond donors (Lipinski definition) is 3. The number of methoxy groups -OCH3 is 1. The molecule has 0 spiro atoms. The van der Waals surface area contributed by atoms with E-state index >= 15 is 0 Å². The van der Waals surface area contributed by atoms with E-state index in [4.69, 9.17) is 14.6 Å². The lowest BCUT2D eigenvalue weighted by molar-refractivity contribution is 0.0485. The minimum atomic E-state index is -0.581. The molecule has 5 heteroatoms. The second-order valence-corrected chi connectivity index (χ2v) is 4.85. The van der Waals surface area contributed by atoms with Gasteiger partial charge in [-0.2, -0.15) is 0 Å². The first-order valence-electron chi connectivity index (χ1n) is 6.54. The molecule has 2 rings (SSSR count). The van der Waals surface area contributed by atoms with Gasteiger partial charge in [0.25, 0.3) is 0 Å². The Labute approximate surface area is 113 Å². The summed E-state index contributed by atoms with van der Waals surface area (Å²) in [5, 5.41) is 22.2. The fourth-order valence-corrected chi connectivity index (χ4v) is 2.04. The highest BCUT2D eigenvalue weighted by atomic mass is 16.5. The van der Waals surface area contributed by atoms with Crippen LogP contribution in [0.15, 0.2) is 24.3 Å². The maximum Gasteiger partial charge on any atom is 0.161 e. The fraction of sp³-hybridized carbons (Fsp3) is 0.571. The van der Waals surface area contributed by atoms with Crippen molar-refractivity contribution in [2.24, 2.45) is 0 Å². The van der Waals surface area contributed by atoms with E-state index in [1.807, 2.05) is 18.2 Å². The summed E-state index contributed by atoms with van der Waals surface area (Å²) in [6.07, 6.45) is 0.766. The molecule has 0 aromatic heterocycles. The Balaban J connectivity index is 1.69. The first kappa shape index (κ1) is 14.1. The van der Waals surface area contributed by atoms with Crippen LogP contribution < -0.4 is 14.8 Å². The zero-order valence-corrected chi connectivity index (χ0v) is 11.1. The van der Waals surface area contributed by atoms with Crippen LogP contribution in [0.4, 0.5) is 0 Å². The Morgan fingerprint density at radius 3 is 2.63 bits per heavy atom. The van der Waals surface area contributed by atoms with E-state index < -0.39 is 6.10 Å². The van der Waals surface area contributed by atoms with Crippen molar-refractivity contribution in [3.63, 3.8) is 0 Å². The van der Waals surface area contributed by atoms with Crippen molar-refractivity contribution in [2.45, 2.75) is 31.1 Å². The number of rotatable bonds is 7. The Kier molecular flexibility index (Phi) is 5.01. The molecule has 1 aromatic carbocycles. The Bertz CT molecular complexity index is 393. The number of aliphatic hydroxyl groups excluding tert-OH is 2. The van der Waals surface area contributed by atoms with Crippen molar-refractivity contribution in [3.05, 3.63) is 24.3 Å². The molecule has 1 aromatic rings. The third-order valence-corrected chi connectivity index (χ3v) is 3.26. The second kappa shape index (κ2) is 6.75. The third-order valence-electron chi connectivity index (χ3n) is 3.26. The second-order valence-electron chi connectivity index (χ2n) is 4.85. The molecule has 0 amide bonds. The van der Waals surface area contributed by atoms with Gasteiger partial charge in [0.15, 0.2) is 11.5 Å². The van der Waals surface area contributed by atoms with Crippen molar-refractivity contribution >= 4 is 0 Å². The minimum absolute atomic E-state index is 0.181. The van der Waals surface area contributed by atoms with Gasteiger partial charge >= 0.3 is 0 Å². The molecule has 1 atom stereocenters. The molecule has 1 saturated carbocycles. The van der Waals surface area contributed by atoms with Gasteiger partial charge in [0, 0.05) is 12.6 Å². The van der Waals surface area contributed by atoms with Crippen molar-refractivity contribution in [1.29, 1.82) is 0 Å². The topological polar surface area (TPSA) is 71.0 Å². The molecule has 106 valence electrons. The standard InChI is InChI=1S/C14H21NO4/c1-18-13-4-2-3-5-14(13)19-9-12(17)8-15-10-6-11(16)7-10/h2-5,10-12,15-17H,6-9H2,1H3. The van der Waals surface area contributed by atoms with Gasteiger partial charge in [0.05, 0.1) is 13.2 Å². The molecule has 0 bridgehead atoms. The lowest BCUT2D eigenvalue weighted by Crippen LogP contribution is -2.47. The smallest absolute Gasteiger partial charge is 0.161 e. The zero-order valence-electron chi connectivity index (χ0n) is 11.1. The summed E-state index contributed by atoms with van der Waals surface area (Å²) in [6.45, 7) is 0.676. The summed E-state index contributed by atoms with van der Waals surface area (Å²) >= 11 is 0. The Hall–Kier alpha value is -1.30. The average molecular weight is 267 g/mol. The number of aliphatic hydroxyl groups is 2. The van der Waals surface area contributed by atoms with Crippen LogP contribution in [0.2, 0.25) is 0 Å². The van der Waals surface area contributed by atoms with Gasteiger partial charge in [-0.05, 0) is 25.0 Å². The summed E-state index contributed by atoms with van der Waals surface area (Å²) in [4.78, 5) is 0. The molecule has 1 fully saturated rings. The highest BCUT2D eigenvalue weighted by molar-refractivity contribution is 5.39. The van der Waals surface area contributed by atoms with E-state index in [1.165, 1.54) is 0 Å². The Morgan fingerprint density at radius 1 is 1.32 bits per heavy atom.